The molecule has 3 heteroatoms. The molecule has 0 aromatic heterocycles. The van der Waals surface area contributed by atoms with E-state index in [1.54, 1.807) is 0 Å². The van der Waals surface area contributed by atoms with E-state index in [-0.39, 0.29) is 0 Å². The Labute approximate surface area is 82.5 Å². The van der Waals surface area contributed by atoms with Gasteiger partial charge < -0.3 is 0 Å². The molecule has 0 aliphatic heterocycles. The molecule has 0 heterocycles. The van der Waals surface area contributed by atoms with E-state index in [9.17, 15) is 0 Å². The van der Waals surface area contributed by atoms with E-state index in [4.69, 9.17) is 0 Å². The molecule has 0 aliphatic carbocycles. The first-order chi connectivity index (χ1) is 5.39. The zero-order valence-corrected chi connectivity index (χ0v) is 12.5. The van der Waals surface area contributed by atoms with Gasteiger partial charge in [-0.1, -0.05) is 0 Å². The Morgan fingerprint density at radius 2 is 1.33 bits per heavy atom. The molecule has 0 N–H and O–H groups in total. The minimum atomic E-state index is -2.12. The molecule has 0 bridgehead atoms. The van der Waals surface area contributed by atoms with Gasteiger partial charge in [0.15, 0.2) is 0 Å². The average molecular weight is 279 g/mol. The molecule has 12 heavy (non-hydrogen) atoms. The zero-order chi connectivity index (χ0) is 9.94. The van der Waals surface area contributed by atoms with E-state index in [1.807, 2.05) is 0 Å². The molecule has 2 nitrogen and oxygen atoms in total. The second kappa shape index (κ2) is 4.82. The van der Waals surface area contributed by atoms with E-state index >= 15 is 0 Å². The van der Waals surface area contributed by atoms with E-state index in [2.05, 4.69) is 55.2 Å². The summed E-state index contributed by atoms with van der Waals surface area (Å²) in [4.78, 5) is 0. The van der Waals surface area contributed by atoms with Crippen molar-refractivity contribution in [1.29, 1.82) is 0 Å². The average Bonchev–Trinajstić information content (AvgIpc) is 1.86. The van der Waals surface area contributed by atoms with Crippen LogP contribution in [0.4, 0.5) is 0 Å². The molecule has 0 aromatic carbocycles. The Hall–Kier alpha value is 0.719. The Morgan fingerprint density at radius 1 is 1.00 bits per heavy atom. The Morgan fingerprint density at radius 3 is 1.33 bits per heavy atom. The minimum absolute atomic E-state index is 0.856. The standard InChI is InChI=1S/C3H7.2C2H6N.C2H5.Sn/c3*1-3-2;1-2;/h3H,1-2H3;2*1-2H3;1H2,2H3;/q;2*-1;;+2. The van der Waals surface area contributed by atoms with Gasteiger partial charge in [-0.3, -0.25) is 0 Å². The third-order valence-corrected chi connectivity index (χ3v) is 20.1. The van der Waals surface area contributed by atoms with Gasteiger partial charge in [0.1, 0.15) is 0 Å². The Kier molecular flexibility index (Phi) is 5.11. The van der Waals surface area contributed by atoms with Crippen LogP contribution in [0.2, 0.25) is 8.37 Å². The van der Waals surface area contributed by atoms with Crippen molar-refractivity contribution in [2.75, 3.05) is 28.2 Å². The third kappa shape index (κ3) is 2.15. The van der Waals surface area contributed by atoms with E-state index in [0.29, 0.717) is 0 Å². The van der Waals surface area contributed by atoms with Crippen molar-refractivity contribution in [3.63, 3.8) is 0 Å². The molecule has 0 fully saturated rings. The van der Waals surface area contributed by atoms with Gasteiger partial charge in [0.25, 0.3) is 0 Å². The van der Waals surface area contributed by atoms with E-state index < -0.39 is 18.9 Å². The molecule has 74 valence electrons. The fraction of sp³-hybridized carbons (Fsp3) is 1.00. The second-order valence-electron chi connectivity index (χ2n) is 4.18. The number of hydrogen-bond donors (Lipinski definition) is 0. The zero-order valence-electron chi connectivity index (χ0n) is 9.68. The summed E-state index contributed by atoms with van der Waals surface area (Å²) >= 11 is -2.12. The fourth-order valence-corrected chi connectivity index (χ4v) is 16.6. The van der Waals surface area contributed by atoms with Crippen LogP contribution in [0.1, 0.15) is 20.8 Å². The number of rotatable bonds is 4. The number of hydrogen-bond acceptors (Lipinski definition) is 2. The summed E-state index contributed by atoms with van der Waals surface area (Å²) in [6, 6.07) is 0. The van der Waals surface area contributed by atoms with Gasteiger partial charge >= 0.3 is 82.5 Å². The van der Waals surface area contributed by atoms with Crippen LogP contribution in [0, 0.1) is 0 Å². The van der Waals surface area contributed by atoms with Crippen LogP contribution < -0.4 is 0 Å². The van der Waals surface area contributed by atoms with Gasteiger partial charge in [-0.2, -0.15) is 0 Å². The molecule has 0 unspecified atom stereocenters. The van der Waals surface area contributed by atoms with Crippen molar-refractivity contribution in [2.45, 2.75) is 29.1 Å². The van der Waals surface area contributed by atoms with Gasteiger partial charge in [-0.25, -0.2) is 0 Å². The summed E-state index contributed by atoms with van der Waals surface area (Å²) < 4.78 is 7.28. The predicted octanol–water partition coefficient (Wildman–Crippen LogP) is 1.98. The first kappa shape index (κ1) is 12.7. The molecule has 0 saturated heterocycles. The van der Waals surface area contributed by atoms with Crippen LogP contribution in [0.3, 0.4) is 0 Å². The monoisotopic (exact) mass is 280 g/mol. The molecule has 0 saturated carbocycles. The van der Waals surface area contributed by atoms with Crippen molar-refractivity contribution in [1.82, 2.24) is 6.24 Å². The molecule has 0 aromatic rings. The van der Waals surface area contributed by atoms with Gasteiger partial charge in [-0.05, 0) is 0 Å². The van der Waals surface area contributed by atoms with Crippen LogP contribution in [0.25, 0.3) is 0 Å². The normalized spacial score (nSPS) is 13.5. The van der Waals surface area contributed by atoms with Crippen LogP contribution in [0.15, 0.2) is 0 Å². The molecular formula is C9H24N2Sn. The van der Waals surface area contributed by atoms with Crippen LogP contribution in [0.5, 0.6) is 0 Å². The maximum absolute atomic E-state index is 2.53. The van der Waals surface area contributed by atoms with Crippen molar-refractivity contribution in [3.8, 4) is 0 Å². The van der Waals surface area contributed by atoms with Crippen molar-refractivity contribution in [3.05, 3.63) is 0 Å². The maximum atomic E-state index is 2.53. The topological polar surface area (TPSA) is 6.48 Å². The van der Waals surface area contributed by atoms with Gasteiger partial charge in [-0.15, -0.1) is 0 Å². The molecule has 0 rings (SSSR count). The first-order valence-electron chi connectivity index (χ1n) is 4.74. The molecule has 0 spiro atoms. The predicted molar refractivity (Wildman–Crippen MR) is 58.7 cm³/mol. The van der Waals surface area contributed by atoms with Crippen molar-refractivity contribution >= 4 is 18.9 Å². The summed E-state index contributed by atoms with van der Waals surface area (Å²) in [5, 5.41) is 0. The summed E-state index contributed by atoms with van der Waals surface area (Å²) in [5.41, 5.74) is 0. The SMILES string of the molecule is C[CH2][Sn]([CH](C)C)([N](C)C)[N](C)C. The summed E-state index contributed by atoms with van der Waals surface area (Å²) in [6.45, 7) is 7.09. The molecule has 0 radical (unpaired) electrons. The third-order valence-electron chi connectivity index (χ3n) is 2.99. The molecule has 0 aliphatic rings. The Bertz CT molecular complexity index is 111. The van der Waals surface area contributed by atoms with E-state index in [1.165, 1.54) is 4.44 Å². The van der Waals surface area contributed by atoms with Gasteiger partial charge in [0, 0.05) is 0 Å². The van der Waals surface area contributed by atoms with Crippen molar-refractivity contribution < 1.29 is 0 Å². The Balaban J connectivity index is 4.77. The second-order valence-corrected chi connectivity index (χ2v) is 19.6. The first-order valence-corrected chi connectivity index (χ1v) is 11.0. The summed E-state index contributed by atoms with van der Waals surface area (Å²) in [7, 11) is 9.00. The number of nitrogens with zero attached hydrogens (tertiary/aromatic N) is 2. The summed E-state index contributed by atoms with van der Waals surface area (Å²) in [6.07, 6.45) is 0. The fourth-order valence-electron chi connectivity index (χ4n) is 2.47. The van der Waals surface area contributed by atoms with Gasteiger partial charge in [0.2, 0.25) is 0 Å². The summed E-state index contributed by atoms with van der Waals surface area (Å²) in [5.74, 6) is 0. The van der Waals surface area contributed by atoms with E-state index in [0.717, 1.165) is 3.93 Å². The molecular weight excluding hydrogens is 255 g/mol. The molecule has 0 atom stereocenters. The van der Waals surface area contributed by atoms with Crippen molar-refractivity contribution in [2.24, 2.45) is 0 Å². The van der Waals surface area contributed by atoms with Crippen LogP contribution in [-0.4, -0.2) is 53.4 Å². The quantitative estimate of drug-likeness (QED) is 0.726. The van der Waals surface area contributed by atoms with Crippen LogP contribution in [-0.2, 0) is 0 Å². The van der Waals surface area contributed by atoms with Crippen LogP contribution >= 0.6 is 0 Å². The van der Waals surface area contributed by atoms with Gasteiger partial charge in [0.05, 0.1) is 0 Å². The molecule has 0 amide bonds.